The molecule has 1 heterocycles. The number of benzene rings is 1. The Hall–Kier alpha value is -2.06. The Morgan fingerprint density at radius 2 is 2.35 bits per heavy atom. The molecule has 1 aromatic carbocycles. The van der Waals surface area contributed by atoms with Gasteiger partial charge >= 0.3 is 5.69 Å². The number of nitrogens with zero attached hydrogens (tertiary/aromatic N) is 1. The number of amides is 1. The van der Waals surface area contributed by atoms with Gasteiger partial charge in [-0.05, 0) is 13.0 Å². The van der Waals surface area contributed by atoms with Crippen LogP contribution in [0, 0.1) is 21.3 Å². The van der Waals surface area contributed by atoms with Crippen LogP contribution in [-0.2, 0) is 9.53 Å². The molecule has 0 aliphatic carbocycles. The molecule has 0 spiro atoms. The molecule has 1 aromatic rings. The molecule has 0 saturated carbocycles. The number of halogens is 1. The van der Waals surface area contributed by atoms with E-state index >= 15 is 0 Å². The van der Waals surface area contributed by atoms with Crippen molar-refractivity contribution in [3.05, 3.63) is 34.1 Å². The smallest absolute Gasteiger partial charge is 0.304 e. The predicted molar refractivity (Wildman–Crippen MR) is 68.6 cm³/mol. The molecule has 7 nitrogen and oxygen atoms in total. The molecule has 1 amide bonds. The molecule has 1 fully saturated rings. The van der Waals surface area contributed by atoms with E-state index in [0.29, 0.717) is 0 Å². The van der Waals surface area contributed by atoms with Gasteiger partial charge in [-0.3, -0.25) is 14.9 Å². The number of nitro groups is 1. The number of nitro benzene ring substituents is 1. The molecule has 2 rings (SSSR count). The van der Waals surface area contributed by atoms with E-state index in [1.54, 1.807) is 6.92 Å². The van der Waals surface area contributed by atoms with E-state index in [1.807, 2.05) is 0 Å². The summed E-state index contributed by atoms with van der Waals surface area (Å²) < 4.78 is 18.6. The van der Waals surface area contributed by atoms with Gasteiger partial charge in [-0.25, -0.2) is 0 Å². The normalized spacial score (nSPS) is 25.4. The van der Waals surface area contributed by atoms with Gasteiger partial charge in [0.25, 0.3) is 0 Å². The lowest BCUT2D eigenvalue weighted by atomic mass is 9.85. The van der Waals surface area contributed by atoms with Gasteiger partial charge < -0.3 is 15.8 Å². The zero-order valence-electron chi connectivity index (χ0n) is 10.8. The Labute approximate surface area is 114 Å². The minimum atomic E-state index is -1.01. The molecule has 0 bridgehead atoms. The molecular weight excluding hydrogens is 269 g/mol. The third-order valence-corrected chi connectivity index (χ3v) is 3.44. The highest BCUT2D eigenvalue weighted by molar-refractivity contribution is 5.96. The Kier molecular flexibility index (Phi) is 3.69. The van der Waals surface area contributed by atoms with Crippen LogP contribution in [0.4, 0.5) is 15.8 Å². The average Bonchev–Trinajstić information content (AvgIpc) is 2.70. The van der Waals surface area contributed by atoms with Crippen LogP contribution in [0.5, 0.6) is 0 Å². The number of nitrogens with two attached hydrogens (primary N) is 1. The highest BCUT2D eigenvalue weighted by Crippen LogP contribution is 2.29. The van der Waals surface area contributed by atoms with Gasteiger partial charge in [-0.15, -0.1) is 0 Å². The van der Waals surface area contributed by atoms with Crippen LogP contribution >= 0.6 is 0 Å². The van der Waals surface area contributed by atoms with E-state index in [2.05, 4.69) is 5.32 Å². The molecule has 108 valence electrons. The zero-order chi connectivity index (χ0) is 14.9. The maximum atomic E-state index is 13.5. The van der Waals surface area contributed by atoms with Gasteiger partial charge in [0.05, 0.1) is 23.6 Å². The molecule has 2 unspecified atom stereocenters. The summed E-state index contributed by atoms with van der Waals surface area (Å²) in [5, 5.41) is 13.0. The van der Waals surface area contributed by atoms with E-state index in [1.165, 1.54) is 6.07 Å². The Bertz CT molecular complexity index is 566. The first-order valence-corrected chi connectivity index (χ1v) is 5.93. The maximum Gasteiger partial charge on any atom is 0.304 e. The van der Waals surface area contributed by atoms with Crippen molar-refractivity contribution in [3.8, 4) is 0 Å². The summed E-state index contributed by atoms with van der Waals surface area (Å²) >= 11 is 0. The summed E-state index contributed by atoms with van der Waals surface area (Å²) in [6, 6.07) is 2.72. The number of rotatable bonds is 3. The number of hydrogen-bond acceptors (Lipinski definition) is 5. The topological polar surface area (TPSA) is 107 Å². The van der Waals surface area contributed by atoms with Crippen molar-refractivity contribution >= 4 is 17.3 Å². The minimum Gasteiger partial charge on any atom is -0.379 e. The van der Waals surface area contributed by atoms with Gasteiger partial charge in [0, 0.05) is 23.9 Å². The molecule has 3 N–H and O–H groups in total. The molecule has 1 aliphatic rings. The van der Waals surface area contributed by atoms with Crippen molar-refractivity contribution in [2.75, 3.05) is 18.5 Å². The van der Waals surface area contributed by atoms with Gasteiger partial charge in [0.15, 0.2) is 0 Å². The van der Waals surface area contributed by atoms with E-state index < -0.39 is 33.8 Å². The standard InChI is InChI=1S/C12H14FN3O4/c1-12(6-20-5-10(12)14)11(17)15-7-2-3-9(16(18)19)8(13)4-7/h2-4,10H,5-6,14H2,1H3,(H,15,17). The largest absolute Gasteiger partial charge is 0.379 e. The number of anilines is 1. The number of carbonyl (C=O) groups excluding carboxylic acids is 1. The van der Waals surface area contributed by atoms with E-state index in [4.69, 9.17) is 10.5 Å². The third kappa shape index (κ3) is 2.47. The monoisotopic (exact) mass is 283 g/mol. The van der Waals surface area contributed by atoms with Crippen LogP contribution < -0.4 is 11.1 Å². The molecule has 2 atom stereocenters. The van der Waals surface area contributed by atoms with Crippen molar-refractivity contribution in [2.24, 2.45) is 11.1 Å². The van der Waals surface area contributed by atoms with Gasteiger partial charge in [-0.2, -0.15) is 4.39 Å². The lowest BCUT2D eigenvalue weighted by Gasteiger charge is -2.25. The second-order valence-corrected chi connectivity index (χ2v) is 4.92. The summed E-state index contributed by atoms with van der Waals surface area (Å²) in [5.41, 5.74) is 4.40. The number of carbonyl (C=O) groups is 1. The first-order valence-electron chi connectivity index (χ1n) is 5.93. The first-order chi connectivity index (χ1) is 9.34. The van der Waals surface area contributed by atoms with E-state index in [0.717, 1.165) is 12.1 Å². The van der Waals surface area contributed by atoms with Crippen LogP contribution in [0.1, 0.15) is 6.92 Å². The molecule has 0 radical (unpaired) electrons. The van der Waals surface area contributed by atoms with Crippen molar-refractivity contribution in [1.82, 2.24) is 0 Å². The van der Waals surface area contributed by atoms with Gasteiger partial charge in [-0.1, -0.05) is 0 Å². The average molecular weight is 283 g/mol. The second kappa shape index (κ2) is 5.14. The molecule has 1 saturated heterocycles. The summed E-state index contributed by atoms with van der Waals surface area (Å²) in [6.07, 6.45) is 0. The fourth-order valence-electron chi connectivity index (χ4n) is 1.93. The zero-order valence-corrected chi connectivity index (χ0v) is 10.8. The van der Waals surface area contributed by atoms with Crippen LogP contribution in [0.25, 0.3) is 0 Å². The first kappa shape index (κ1) is 14.4. The van der Waals surface area contributed by atoms with Gasteiger partial charge in [0.1, 0.15) is 0 Å². The van der Waals surface area contributed by atoms with E-state index in [9.17, 15) is 19.3 Å². The van der Waals surface area contributed by atoms with E-state index in [-0.39, 0.29) is 18.9 Å². The Morgan fingerprint density at radius 3 is 2.85 bits per heavy atom. The summed E-state index contributed by atoms with van der Waals surface area (Å²) in [7, 11) is 0. The molecular formula is C12H14FN3O4. The second-order valence-electron chi connectivity index (χ2n) is 4.92. The minimum absolute atomic E-state index is 0.137. The lowest BCUT2D eigenvalue weighted by Crippen LogP contribution is -2.47. The summed E-state index contributed by atoms with van der Waals surface area (Å²) in [6.45, 7) is 2.11. The highest BCUT2D eigenvalue weighted by Gasteiger charge is 2.44. The maximum absolute atomic E-state index is 13.5. The molecule has 0 aromatic heterocycles. The quantitative estimate of drug-likeness (QED) is 0.636. The van der Waals surface area contributed by atoms with Crippen LogP contribution in [0.3, 0.4) is 0 Å². The van der Waals surface area contributed by atoms with Crippen LogP contribution in [0.15, 0.2) is 18.2 Å². The van der Waals surface area contributed by atoms with Crippen molar-refractivity contribution in [3.63, 3.8) is 0 Å². The molecule has 8 heteroatoms. The molecule has 1 aliphatic heterocycles. The Morgan fingerprint density at radius 1 is 1.65 bits per heavy atom. The van der Waals surface area contributed by atoms with Crippen molar-refractivity contribution in [1.29, 1.82) is 0 Å². The van der Waals surface area contributed by atoms with Crippen LogP contribution in [-0.4, -0.2) is 30.1 Å². The fraction of sp³-hybridized carbons (Fsp3) is 0.417. The number of nitrogens with one attached hydrogen (secondary N) is 1. The fourth-order valence-corrected chi connectivity index (χ4v) is 1.93. The number of hydrogen-bond donors (Lipinski definition) is 2. The lowest BCUT2D eigenvalue weighted by molar-refractivity contribution is -0.387. The molecule has 20 heavy (non-hydrogen) atoms. The highest BCUT2D eigenvalue weighted by atomic mass is 19.1. The number of ether oxygens (including phenoxy) is 1. The third-order valence-electron chi connectivity index (χ3n) is 3.44. The van der Waals surface area contributed by atoms with Crippen LogP contribution in [0.2, 0.25) is 0 Å². The SMILES string of the molecule is CC1(C(=O)Nc2ccc([N+](=O)[O-])c(F)c2)COCC1N. The summed E-state index contributed by atoms with van der Waals surface area (Å²) in [4.78, 5) is 21.8. The van der Waals surface area contributed by atoms with Gasteiger partial charge in [0.2, 0.25) is 11.7 Å². The van der Waals surface area contributed by atoms with Crippen molar-refractivity contribution < 1.29 is 18.8 Å². The summed E-state index contributed by atoms with van der Waals surface area (Å²) in [5.74, 6) is -1.42. The predicted octanol–water partition coefficient (Wildman–Crippen LogP) is 1.04. The Balaban J connectivity index is 2.16. The van der Waals surface area contributed by atoms with Crippen molar-refractivity contribution in [2.45, 2.75) is 13.0 Å².